The average Bonchev–Trinajstić information content (AvgIpc) is 2.72. The number of aromatic nitrogens is 2. The highest BCUT2D eigenvalue weighted by atomic mass is 16.6. The predicted octanol–water partition coefficient (Wildman–Crippen LogP) is 3.43. The normalized spacial score (nSPS) is 11.3. The molecule has 0 fully saturated rings. The van der Waals surface area contributed by atoms with E-state index in [0.29, 0.717) is 52.8 Å². The molecule has 3 N–H and O–H groups in total. The number of nitrogens with two attached hydrogens (primary N) is 1. The SMILES string of the molecule is COc1cc2nc(NCCCCCC(=O)OC(C)(C)C)c(CN)nc2c(OC)c1OC. The predicted molar refractivity (Wildman–Crippen MR) is 120 cm³/mol. The smallest absolute Gasteiger partial charge is 0.306 e. The fourth-order valence-corrected chi connectivity index (χ4v) is 3.15. The highest BCUT2D eigenvalue weighted by Gasteiger charge is 2.20. The number of methoxy groups -OCH3 is 3. The van der Waals surface area contributed by atoms with Gasteiger partial charge < -0.3 is 30.0 Å². The molecule has 1 heterocycles. The summed E-state index contributed by atoms with van der Waals surface area (Å²) in [4.78, 5) is 21.1. The van der Waals surface area contributed by atoms with Gasteiger partial charge in [-0.05, 0) is 33.6 Å². The van der Waals surface area contributed by atoms with Crippen molar-refractivity contribution in [3.05, 3.63) is 11.8 Å². The van der Waals surface area contributed by atoms with Crippen LogP contribution in [0.4, 0.5) is 5.82 Å². The van der Waals surface area contributed by atoms with Crippen molar-refractivity contribution in [3.63, 3.8) is 0 Å². The van der Waals surface area contributed by atoms with Crippen LogP contribution in [0.15, 0.2) is 6.07 Å². The molecule has 2 rings (SSSR count). The lowest BCUT2D eigenvalue weighted by Gasteiger charge is -2.19. The first-order valence-corrected chi connectivity index (χ1v) is 10.4. The molecule has 31 heavy (non-hydrogen) atoms. The van der Waals surface area contributed by atoms with Gasteiger partial charge in [0.25, 0.3) is 0 Å². The van der Waals surface area contributed by atoms with Crippen LogP contribution in [-0.4, -0.2) is 49.4 Å². The third-order valence-electron chi connectivity index (χ3n) is 4.50. The number of hydrogen-bond donors (Lipinski definition) is 2. The van der Waals surface area contributed by atoms with Gasteiger partial charge in [-0.2, -0.15) is 0 Å². The van der Waals surface area contributed by atoms with Crippen molar-refractivity contribution in [1.29, 1.82) is 0 Å². The molecule has 0 atom stereocenters. The minimum Gasteiger partial charge on any atom is -0.493 e. The maximum Gasteiger partial charge on any atom is 0.306 e. The number of nitrogens with one attached hydrogen (secondary N) is 1. The minimum atomic E-state index is -0.443. The van der Waals surface area contributed by atoms with E-state index in [1.165, 1.54) is 0 Å². The zero-order chi connectivity index (χ0) is 23.0. The molecular weight excluding hydrogens is 400 g/mol. The van der Waals surface area contributed by atoms with Crippen LogP contribution in [0.25, 0.3) is 11.0 Å². The second-order valence-electron chi connectivity index (χ2n) is 8.06. The maximum atomic E-state index is 11.8. The van der Waals surface area contributed by atoms with E-state index >= 15 is 0 Å². The Morgan fingerprint density at radius 2 is 1.74 bits per heavy atom. The molecule has 1 aromatic heterocycles. The molecule has 2 aromatic rings. The number of rotatable bonds is 11. The Hall–Kier alpha value is -2.81. The molecule has 1 aromatic carbocycles. The van der Waals surface area contributed by atoms with Gasteiger partial charge in [-0.1, -0.05) is 6.42 Å². The molecule has 0 saturated carbocycles. The van der Waals surface area contributed by atoms with Crippen LogP contribution in [-0.2, 0) is 16.1 Å². The summed E-state index contributed by atoms with van der Waals surface area (Å²) < 4.78 is 21.6. The summed E-state index contributed by atoms with van der Waals surface area (Å²) in [7, 11) is 4.65. The Morgan fingerprint density at radius 1 is 1.03 bits per heavy atom. The summed E-state index contributed by atoms with van der Waals surface area (Å²) in [6.07, 6.45) is 2.96. The molecule has 9 heteroatoms. The average molecular weight is 435 g/mol. The van der Waals surface area contributed by atoms with Gasteiger partial charge in [0.1, 0.15) is 16.9 Å². The third kappa shape index (κ3) is 6.58. The molecule has 0 bridgehead atoms. The molecule has 0 spiro atoms. The molecule has 172 valence electrons. The van der Waals surface area contributed by atoms with Gasteiger partial charge >= 0.3 is 5.97 Å². The molecule has 0 aliphatic rings. The Kier molecular flexibility index (Phi) is 8.67. The second-order valence-corrected chi connectivity index (χ2v) is 8.06. The Bertz CT molecular complexity index is 896. The van der Waals surface area contributed by atoms with Crippen molar-refractivity contribution in [1.82, 2.24) is 9.97 Å². The van der Waals surface area contributed by atoms with Crippen molar-refractivity contribution in [2.45, 2.75) is 58.6 Å². The van der Waals surface area contributed by atoms with E-state index in [4.69, 9.17) is 24.7 Å². The molecule has 0 saturated heterocycles. The van der Waals surface area contributed by atoms with Crippen molar-refractivity contribution in [3.8, 4) is 17.2 Å². The van der Waals surface area contributed by atoms with E-state index in [0.717, 1.165) is 19.3 Å². The summed E-state index contributed by atoms with van der Waals surface area (Å²) >= 11 is 0. The number of hydrogen-bond acceptors (Lipinski definition) is 9. The van der Waals surface area contributed by atoms with Gasteiger partial charge in [-0.3, -0.25) is 4.79 Å². The number of esters is 1. The fourth-order valence-electron chi connectivity index (χ4n) is 3.15. The zero-order valence-corrected chi connectivity index (χ0v) is 19.3. The van der Waals surface area contributed by atoms with Crippen molar-refractivity contribution >= 4 is 22.8 Å². The summed E-state index contributed by atoms with van der Waals surface area (Å²) in [5, 5.41) is 3.30. The second kappa shape index (κ2) is 11.0. The van der Waals surface area contributed by atoms with Crippen LogP contribution in [0.2, 0.25) is 0 Å². The first-order valence-electron chi connectivity index (χ1n) is 10.4. The summed E-state index contributed by atoms with van der Waals surface area (Å²) in [5.41, 5.74) is 7.26. The highest BCUT2D eigenvalue weighted by Crippen LogP contribution is 2.42. The molecule has 0 aliphatic heterocycles. The molecule has 9 nitrogen and oxygen atoms in total. The number of carbonyl (C=O) groups excluding carboxylic acids is 1. The summed E-state index contributed by atoms with van der Waals surface area (Å²) in [6.45, 7) is 6.52. The lowest BCUT2D eigenvalue weighted by Crippen LogP contribution is -2.23. The largest absolute Gasteiger partial charge is 0.493 e. The van der Waals surface area contributed by atoms with Crippen LogP contribution in [0.3, 0.4) is 0 Å². The van der Waals surface area contributed by atoms with E-state index in [1.807, 2.05) is 20.8 Å². The monoisotopic (exact) mass is 434 g/mol. The number of fused-ring (bicyclic) bond motifs is 1. The van der Waals surface area contributed by atoms with Crippen LogP contribution < -0.4 is 25.3 Å². The quantitative estimate of drug-likeness (QED) is 0.405. The van der Waals surface area contributed by atoms with Crippen molar-refractivity contribution in [2.24, 2.45) is 5.73 Å². The van der Waals surface area contributed by atoms with Crippen LogP contribution in [0.1, 0.15) is 52.1 Å². The number of unbranched alkanes of at least 4 members (excludes halogenated alkanes) is 2. The number of anilines is 1. The van der Waals surface area contributed by atoms with Crippen LogP contribution in [0, 0.1) is 0 Å². The van der Waals surface area contributed by atoms with Gasteiger partial charge in [0, 0.05) is 25.6 Å². The Labute approximate surface area is 183 Å². The molecule has 0 aliphatic carbocycles. The number of carbonyl (C=O) groups is 1. The van der Waals surface area contributed by atoms with Gasteiger partial charge in [0.2, 0.25) is 5.75 Å². The Balaban J connectivity index is 2.05. The molecular formula is C22H34N4O5. The topological polar surface area (TPSA) is 118 Å². The van der Waals surface area contributed by atoms with Crippen LogP contribution >= 0.6 is 0 Å². The van der Waals surface area contributed by atoms with Gasteiger partial charge in [-0.15, -0.1) is 0 Å². The van der Waals surface area contributed by atoms with Gasteiger partial charge in [0.15, 0.2) is 11.5 Å². The number of nitrogens with zero attached hydrogens (tertiary/aromatic N) is 2. The summed E-state index contributed by atoms with van der Waals surface area (Å²) in [6, 6.07) is 1.76. The van der Waals surface area contributed by atoms with E-state index in [2.05, 4.69) is 15.3 Å². The molecule has 0 amide bonds. The van der Waals surface area contributed by atoms with Gasteiger partial charge in [0.05, 0.1) is 32.5 Å². The maximum absolute atomic E-state index is 11.8. The number of ether oxygens (including phenoxy) is 4. The first kappa shape index (κ1) is 24.5. The Morgan fingerprint density at radius 3 is 2.32 bits per heavy atom. The molecule has 0 radical (unpaired) electrons. The van der Waals surface area contributed by atoms with E-state index in [9.17, 15) is 4.79 Å². The highest BCUT2D eigenvalue weighted by molar-refractivity contribution is 5.88. The van der Waals surface area contributed by atoms with Gasteiger partial charge in [-0.25, -0.2) is 9.97 Å². The van der Waals surface area contributed by atoms with Crippen molar-refractivity contribution in [2.75, 3.05) is 33.2 Å². The third-order valence-corrected chi connectivity index (χ3v) is 4.50. The lowest BCUT2D eigenvalue weighted by atomic mass is 10.1. The lowest BCUT2D eigenvalue weighted by molar-refractivity contribution is -0.154. The van der Waals surface area contributed by atoms with E-state index in [-0.39, 0.29) is 12.5 Å². The molecule has 0 unspecified atom stereocenters. The first-order chi connectivity index (χ1) is 14.7. The number of benzene rings is 1. The minimum absolute atomic E-state index is 0.162. The zero-order valence-electron chi connectivity index (χ0n) is 19.3. The van der Waals surface area contributed by atoms with Crippen molar-refractivity contribution < 1.29 is 23.7 Å². The standard InChI is InChI=1S/C22H34N4O5/c1-22(2,3)31-17(27)10-8-7-9-11-24-21-15(13-23)25-18-14(26-21)12-16(28-4)19(29-5)20(18)30-6/h12H,7-11,13,23H2,1-6H3,(H,24,26). The van der Waals surface area contributed by atoms with E-state index in [1.54, 1.807) is 27.4 Å². The van der Waals surface area contributed by atoms with Crippen LogP contribution in [0.5, 0.6) is 17.2 Å². The summed E-state index contributed by atoms with van der Waals surface area (Å²) in [5.74, 6) is 1.88. The fraction of sp³-hybridized carbons (Fsp3) is 0.591. The van der Waals surface area contributed by atoms with E-state index < -0.39 is 5.60 Å².